The minimum absolute atomic E-state index is 0.0745. The smallest absolute Gasteiger partial charge is 0.303 e. The Balaban J connectivity index is 1.73. The summed E-state index contributed by atoms with van der Waals surface area (Å²) in [4.78, 5) is 60.8. The first-order valence-corrected chi connectivity index (χ1v) is 15.0. The molecule has 0 aromatic rings. The lowest BCUT2D eigenvalue weighted by atomic mass is 9.94. The van der Waals surface area contributed by atoms with Gasteiger partial charge in [-0.3, -0.25) is 24.0 Å². The highest BCUT2D eigenvalue weighted by Crippen LogP contribution is 2.37. The van der Waals surface area contributed by atoms with Crippen LogP contribution in [0.5, 0.6) is 0 Å². The van der Waals surface area contributed by atoms with Gasteiger partial charge in [-0.2, -0.15) is 0 Å². The number of hydrogen-bond donors (Lipinski definition) is 5. The zero-order chi connectivity index (χ0) is 34.7. The van der Waals surface area contributed by atoms with Gasteiger partial charge in [-0.1, -0.05) is 0 Å². The van der Waals surface area contributed by atoms with Gasteiger partial charge < -0.3 is 68.6 Å². The number of rotatable bonds is 10. The van der Waals surface area contributed by atoms with Gasteiger partial charge in [0.05, 0.1) is 12.7 Å². The summed E-state index contributed by atoms with van der Waals surface area (Å²) >= 11 is 0. The third kappa shape index (κ3) is 8.72. The van der Waals surface area contributed by atoms with Gasteiger partial charge in [-0.15, -0.1) is 0 Å². The van der Waals surface area contributed by atoms with Crippen molar-refractivity contribution in [3.8, 4) is 0 Å². The highest BCUT2D eigenvalue weighted by molar-refractivity contribution is 5.74. The number of carbonyl (C=O) groups is 5. The number of aliphatic hydroxyl groups excluding tert-OH is 3. The number of aliphatic hydroxyl groups is 3. The zero-order valence-corrected chi connectivity index (χ0v) is 26.6. The summed E-state index contributed by atoms with van der Waals surface area (Å²) in [5.74, 6) is -3.43. The maximum absolute atomic E-state index is 12.4. The van der Waals surface area contributed by atoms with Crippen LogP contribution in [0.2, 0.25) is 0 Å². The molecule has 15 atom stereocenters. The molecular formula is C28H42N2O17. The van der Waals surface area contributed by atoms with Gasteiger partial charge in [-0.25, -0.2) is 0 Å². The van der Waals surface area contributed by atoms with E-state index in [-0.39, 0.29) is 6.61 Å². The van der Waals surface area contributed by atoms with Crippen LogP contribution < -0.4 is 10.6 Å². The molecule has 0 aromatic carbocycles. The van der Waals surface area contributed by atoms with Gasteiger partial charge in [0.2, 0.25) is 11.8 Å². The molecule has 0 radical (unpaired) electrons. The van der Waals surface area contributed by atoms with Crippen LogP contribution in [0.25, 0.3) is 0 Å². The van der Waals surface area contributed by atoms with Crippen LogP contribution >= 0.6 is 0 Å². The van der Waals surface area contributed by atoms with E-state index in [9.17, 15) is 39.3 Å². The Hall–Kier alpha value is -3.01. The summed E-state index contributed by atoms with van der Waals surface area (Å²) in [6.45, 7) is 6.64. The quantitative estimate of drug-likeness (QED) is 0.111. The number of carbonyl (C=O) groups excluding carboxylic acids is 5. The molecule has 266 valence electrons. The lowest BCUT2D eigenvalue weighted by Crippen LogP contribution is -2.69. The largest absolute Gasteiger partial charge is 0.463 e. The monoisotopic (exact) mass is 678 g/mol. The second-order valence-electron chi connectivity index (χ2n) is 11.7. The van der Waals surface area contributed by atoms with Crippen LogP contribution in [0.4, 0.5) is 0 Å². The first-order valence-electron chi connectivity index (χ1n) is 15.0. The average Bonchev–Trinajstić information content (AvgIpc) is 3.41. The Morgan fingerprint density at radius 2 is 1.28 bits per heavy atom. The van der Waals surface area contributed by atoms with Crippen molar-refractivity contribution in [1.82, 2.24) is 10.6 Å². The van der Waals surface area contributed by atoms with Crippen molar-refractivity contribution >= 4 is 29.7 Å². The van der Waals surface area contributed by atoms with Crippen LogP contribution in [0.3, 0.4) is 0 Å². The van der Waals surface area contributed by atoms with Gasteiger partial charge >= 0.3 is 17.9 Å². The molecule has 19 heteroatoms. The van der Waals surface area contributed by atoms with Crippen LogP contribution in [0, 0.1) is 0 Å². The van der Waals surface area contributed by atoms with Crippen LogP contribution in [-0.4, -0.2) is 150 Å². The Bertz CT molecular complexity index is 1170. The third-order valence-corrected chi connectivity index (χ3v) is 7.90. The molecule has 4 rings (SSSR count). The van der Waals surface area contributed by atoms with Crippen molar-refractivity contribution in [3.63, 3.8) is 0 Å². The number of amides is 2. The summed E-state index contributed by atoms with van der Waals surface area (Å²) in [5, 5.41) is 36.6. The number of esters is 3. The SMILES string of the molecule is CC(=O)N[C@H]1[C@H](O[C@H]2[C@H](O[C@@H]3O[C@@H](C)[C@@H](O)[C@@H](O)[C@@H]3O)[C@@H](NC(C)=O)[C@@H]3OC[C@H]2O3)O[C@H](COC(C)=O)[C@@H](OC(C)=O)[C@@H]1OC(C)=O. The van der Waals surface area contributed by atoms with Crippen LogP contribution in [-0.2, 0) is 66.6 Å². The fraction of sp³-hybridized carbons (Fsp3) is 0.821. The number of hydrogen-bond acceptors (Lipinski definition) is 17. The zero-order valence-electron chi connectivity index (χ0n) is 26.6. The van der Waals surface area contributed by atoms with E-state index in [1.807, 2.05) is 0 Å². The van der Waals surface area contributed by atoms with Crippen molar-refractivity contribution in [2.45, 2.75) is 134 Å². The molecule has 5 N–H and O–H groups in total. The fourth-order valence-corrected chi connectivity index (χ4v) is 5.93. The summed E-state index contributed by atoms with van der Waals surface area (Å²) in [6, 6.07) is -2.44. The van der Waals surface area contributed by atoms with E-state index in [0.717, 1.165) is 20.8 Å². The van der Waals surface area contributed by atoms with E-state index in [1.165, 1.54) is 20.8 Å². The molecule has 0 aliphatic carbocycles. The molecule has 47 heavy (non-hydrogen) atoms. The maximum atomic E-state index is 12.4. The van der Waals surface area contributed by atoms with E-state index in [1.54, 1.807) is 0 Å². The molecular weight excluding hydrogens is 636 g/mol. The third-order valence-electron chi connectivity index (χ3n) is 7.90. The highest BCUT2D eigenvalue weighted by atomic mass is 16.8. The van der Waals surface area contributed by atoms with Crippen molar-refractivity contribution in [2.24, 2.45) is 0 Å². The Morgan fingerprint density at radius 3 is 1.87 bits per heavy atom. The molecule has 4 heterocycles. The highest BCUT2D eigenvalue weighted by Gasteiger charge is 2.58. The second kappa shape index (κ2) is 15.5. The molecule has 0 aromatic heterocycles. The lowest BCUT2D eigenvalue weighted by Gasteiger charge is -2.49. The molecule has 19 nitrogen and oxygen atoms in total. The summed E-state index contributed by atoms with van der Waals surface area (Å²) in [6.07, 6.45) is -17.4. The summed E-state index contributed by atoms with van der Waals surface area (Å²) < 4.78 is 52.1. The molecule has 0 spiro atoms. The standard InChI is InChI=1S/C28H42N2O17/c1-9-19(36)20(37)21(38)28(41-9)47-25-17(29-10(2)31)26-40-8-16(44-26)23(25)46-27-18(30-11(3)32)24(43-14(6)35)22(42-13(5)34)15(45-27)7-39-12(4)33/h9,15-28,36-38H,7-8H2,1-6H3,(H,29,31)(H,30,32)/t9-,15+,16+,17+,18+,19+,20+,21-,22+,23+,24+,25+,26+,27-,28-/m0/s1. The molecule has 2 bridgehead atoms. The van der Waals surface area contributed by atoms with Crippen LogP contribution in [0.1, 0.15) is 41.5 Å². The van der Waals surface area contributed by atoms with Crippen LogP contribution in [0.15, 0.2) is 0 Å². The van der Waals surface area contributed by atoms with Gasteiger partial charge in [0.25, 0.3) is 0 Å². The van der Waals surface area contributed by atoms with Crippen molar-refractivity contribution in [3.05, 3.63) is 0 Å². The van der Waals surface area contributed by atoms with Crippen molar-refractivity contribution < 1.29 is 81.9 Å². The molecule has 0 unspecified atom stereocenters. The predicted octanol–water partition coefficient (Wildman–Crippen LogP) is -3.50. The molecule has 4 aliphatic rings. The predicted molar refractivity (Wildman–Crippen MR) is 148 cm³/mol. The molecule has 0 saturated carbocycles. The molecule has 4 aliphatic heterocycles. The van der Waals surface area contributed by atoms with E-state index in [4.69, 9.17) is 42.6 Å². The summed E-state index contributed by atoms with van der Waals surface area (Å²) in [5.41, 5.74) is 0. The summed E-state index contributed by atoms with van der Waals surface area (Å²) in [7, 11) is 0. The Kier molecular flexibility index (Phi) is 12.1. The lowest BCUT2D eigenvalue weighted by molar-refractivity contribution is -0.348. The van der Waals surface area contributed by atoms with Crippen molar-refractivity contribution in [1.29, 1.82) is 0 Å². The minimum atomic E-state index is -1.73. The molecule has 2 amide bonds. The molecule has 4 fully saturated rings. The number of ether oxygens (including phenoxy) is 9. The number of nitrogens with one attached hydrogen (secondary N) is 2. The minimum Gasteiger partial charge on any atom is -0.463 e. The average molecular weight is 679 g/mol. The number of fused-ring (bicyclic) bond motifs is 2. The van der Waals surface area contributed by atoms with E-state index >= 15 is 0 Å². The fourth-order valence-electron chi connectivity index (χ4n) is 5.93. The first kappa shape index (κ1) is 36.8. The molecule has 4 saturated heterocycles. The normalized spacial score (nSPS) is 41.3. The van der Waals surface area contributed by atoms with Gasteiger partial charge in [-0.05, 0) is 6.92 Å². The van der Waals surface area contributed by atoms with E-state index in [0.29, 0.717) is 0 Å². The maximum Gasteiger partial charge on any atom is 0.303 e. The Morgan fingerprint density at radius 1 is 0.681 bits per heavy atom. The van der Waals surface area contributed by atoms with Gasteiger partial charge in [0, 0.05) is 34.6 Å². The first-order chi connectivity index (χ1) is 22.1. The Labute approximate surface area is 269 Å². The van der Waals surface area contributed by atoms with Crippen molar-refractivity contribution in [2.75, 3.05) is 13.2 Å². The van der Waals surface area contributed by atoms with E-state index < -0.39 is 128 Å². The van der Waals surface area contributed by atoms with Gasteiger partial charge in [0.1, 0.15) is 61.4 Å². The second-order valence-corrected chi connectivity index (χ2v) is 11.7. The van der Waals surface area contributed by atoms with Gasteiger partial charge in [0.15, 0.2) is 31.1 Å². The van der Waals surface area contributed by atoms with E-state index in [2.05, 4.69) is 10.6 Å². The topological polar surface area (TPSA) is 253 Å².